The molecule has 8 nitrogen and oxygen atoms in total. The second kappa shape index (κ2) is 10.3. The van der Waals surface area contributed by atoms with Crippen molar-refractivity contribution in [1.29, 1.82) is 0 Å². The first kappa shape index (κ1) is 26.9. The van der Waals surface area contributed by atoms with Crippen molar-refractivity contribution in [3.05, 3.63) is 52.4 Å². The molecule has 14 heteroatoms. The fourth-order valence-corrected chi connectivity index (χ4v) is 4.74. The van der Waals surface area contributed by atoms with Gasteiger partial charge in [0.25, 0.3) is 5.91 Å². The third-order valence-electron chi connectivity index (χ3n) is 6.57. The minimum Gasteiger partial charge on any atom is -0.336 e. The molecule has 0 saturated carbocycles. The Balaban J connectivity index is 1.52. The van der Waals surface area contributed by atoms with E-state index in [-0.39, 0.29) is 62.0 Å². The highest BCUT2D eigenvalue weighted by atomic mass is 19.4. The highest BCUT2D eigenvalue weighted by Crippen LogP contribution is 2.33. The minimum absolute atomic E-state index is 0.0451. The largest absolute Gasteiger partial charge is 0.449 e. The SMILES string of the molecule is NC(CC(=O)N1CCn2c(C(F)(F)F)nc(C(=O)N3CCCC(N)C3)c2C1)Cc1cc(F)c(F)cc1F. The summed E-state index contributed by atoms with van der Waals surface area (Å²) in [6, 6.07) is -0.216. The first-order valence-electron chi connectivity index (χ1n) is 11.7. The van der Waals surface area contributed by atoms with Gasteiger partial charge in [-0.3, -0.25) is 9.59 Å². The molecule has 1 fully saturated rings. The van der Waals surface area contributed by atoms with Gasteiger partial charge >= 0.3 is 6.18 Å². The topological polar surface area (TPSA) is 110 Å². The van der Waals surface area contributed by atoms with Crippen LogP contribution in [0.3, 0.4) is 0 Å². The van der Waals surface area contributed by atoms with Crippen LogP contribution in [-0.4, -0.2) is 62.9 Å². The Morgan fingerprint density at radius 1 is 1.05 bits per heavy atom. The van der Waals surface area contributed by atoms with Crippen molar-refractivity contribution in [2.24, 2.45) is 11.5 Å². The first-order valence-corrected chi connectivity index (χ1v) is 11.7. The number of hydrogen-bond acceptors (Lipinski definition) is 5. The van der Waals surface area contributed by atoms with Crippen molar-refractivity contribution in [3.8, 4) is 0 Å². The summed E-state index contributed by atoms with van der Waals surface area (Å²) in [5.41, 5.74) is 11.2. The van der Waals surface area contributed by atoms with E-state index in [9.17, 15) is 35.9 Å². The number of halogens is 6. The van der Waals surface area contributed by atoms with Gasteiger partial charge in [0.05, 0.1) is 12.2 Å². The number of amides is 2. The minimum atomic E-state index is -4.81. The Kier molecular flexibility index (Phi) is 7.51. The summed E-state index contributed by atoms with van der Waals surface area (Å²) >= 11 is 0. The lowest BCUT2D eigenvalue weighted by Crippen LogP contribution is -2.46. The lowest BCUT2D eigenvalue weighted by Gasteiger charge is -2.32. The van der Waals surface area contributed by atoms with Crippen LogP contribution in [0.2, 0.25) is 0 Å². The number of benzene rings is 1. The van der Waals surface area contributed by atoms with Crippen LogP contribution in [0.5, 0.6) is 0 Å². The Labute approximate surface area is 208 Å². The van der Waals surface area contributed by atoms with Crippen LogP contribution in [0.15, 0.2) is 12.1 Å². The van der Waals surface area contributed by atoms with Crippen molar-refractivity contribution in [2.45, 2.75) is 57.0 Å². The number of likely N-dealkylation sites (tertiary alicyclic amines) is 1. The fraction of sp³-hybridized carbons (Fsp3) is 0.522. The number of rotatable bonds is 5. The molecule has 2 aromatic rings. The van der Waals surface area contributed by atoms with E-state index in [2.05, 4.69) is 4.98 Å². The van der Waals surface area contributed by atoms with Crippen LogP contribution in [0, 0.1) is 17.5 Å². The van der Waals surface area contributed by atoms with Gasteiger partial charge in [0, 0.05) is 50.7 Å². The number of nitrogens with two attached hydrogens (primary N) is 2. The molecule has 4 rings (SSSR count). The number of carbonyl (C=O) groups is 2. The molecule has 2 aliphatic rings. The molecular formula is C23H26F6N6O2. The monoisotopic (exact) mass is 532 g/mol. The summed E-state index contributed by atoms with van der Waals surface area (Å²) in [5.74, 6) is -6.07. The molecule has 0 bridgehead atoms. The van der Waals surface area contributed by atoms with E-state index in [1.165, 1.54) is 9.80 Å². The summed E-state index contributed by atoms with van der Waals surface area (Å²) in [6.45, 7) is -0.139. The summed E-state index contributed by atoms with van der Waals surface area (Å²) < 4.78 is 82.5. The fourth-order valence-electron chi connectivity index (χ4n) is 4.74. The van der Waals surface area contributed by atoms with Crippen molar-refractivity contribution < 1.29 is 35.9 Å². The second-order valence-corrected chi connectivity index (χ2v) is 9.37. The predicted molar refractivity (Wildman–Crippen MR) is 118 cm³/mol. The second-order valence-electron chi connectivity index (χ2n) is 9.37. The standard InChI is InChI=1S/C23H26F6N6O2/c24-15-9-17(26)16(25)7-12(15)6-14(31)8-19(36)33-4-5-35-18(11-33)20(32-22(35)23(27,28)29)21(37)34-3-1-2-13(30)10-34/h7,9,13-14H,1-6,8,10-11,30-31H2. The van der Waals surface area contributed by atoms with E-state index >= 15 is 0 Å². The zero-order chi connectivity index (χ0) is 27.1. The molecule has 2 amide bonds. The number of carbonyl (C=O) groups excluding carboxylic acids is 2. The molecule has 2 atom stereocenters. The zero-order valence-corrected chi connectivity index (χ0v) is 19.7. The molecular weight excluding hydrogens is 506 g/mol. The smallest absolute Gasteiger partial charge is 0.336 e. The summed E-state index contributed by atoms with van der Waals surface area (Å²) in [4.78, 5) is 32.3. The van der Waals surface area contributed by atoms with Crippen LogP contribution in [0.25, 0.3) is 0 Å². The van der Waals surface area contributed by atoms with Gasteiger partial charge < -0.3 is 25.8 Å². The highest BCUT2D eigenvalue weighted by Gasteiger charge is 2.42. The predicted octanol–water partition coefficient (Wildman–Crippen LogP) is 2.18. The van der Waals surface area contributed by atoms with Gasteiger partial charge in [-0.05, 0) is 30.9 Å². The molecule has 0 aliphatic carbocycles. The van der Waals surface area contributed by atoms with Crippen LogP contribution in [0.4, 0.5) is 26.3 Å². The molecule has 1 aromatic carbocycles. The van der Waals surface area contributed by atoms with Gasteiger partial charge in [-0.15, -0.1) is 0 Å². The van der Waals surface area contributed by atoms with E-state index in [0.29, 0.717) is 31.5 Å². The Bertz CT molecular complexity index is 1200. The van der Waals surface area contributed by atoms with Crippen molar-refractivity contribution in [2.75, 3.05) is 19.6 Å². The third kappa shape index (κ3) is 5.74. The van der Waals surface area contributed by atoms with Crippen LogP contribution < -0.4 is 11.5 Å². The molecule has 1 saturated heterocycles. The van der Waals surface area contributed by atoms with E-state index in [4.69, 9.17) is 11.5 Å². The maximum atomic E-state index is 13.9. The maximum Gasteiger partial charge on any atom is 0.449 e. The molecule has 3 heterocycles. The summed E-state index contributed by atoms with van der Waals surface area (Å²) in [6.07, 6.45) is -4.11. The number of piperidine rings is 1. The van der Waals surface area contributed by atoms with Gasteiger partial charge in [0.2, 0.25) is 11.7 Å². The van der Waals surface area contributed by atoms with E-state index in [0.717, 1.165) is 4.57 Å². The number of hydrogen-bond donors (Lipinski definition) is 2. The van der Waals surface area contributed by atoms with E-state index in [1.807, 2.05) is 0 Å². The summed E-state index contributed by atoms with van der Waals surface area (Å²) in [5, 5.41) is 0. The molecule has 2 unspecified atom stereocenters. The Hall–Kier alpha value is -3.13. The third-order valence-corrected chi connectivity index (χ3v) is 6.57. The normalized spacial score (nSPS) is 19.1. The summed E-state index contributed by atoms with van der Waals surface area (Å²) in [7, 11) is 0. The molecule has 0 radical (unpaired) electrons. The van der Waals surface area contributed by atoms with Crippen molar-refractivity contribution in [1.82, 2.24) is 19.4 Å². The number of alkyl halides is 3. The maximum absolute atomic E-state index is 13.9. The molecule has 1 aromatic heterocycles. The quantitative estimate of drug-likeness (QED) is 0.453. The number of imidazole rings is 1. The van der Waals surface area contributed by atoms with Crippen LogP contribution in [0.1, 0.15) is 46.8 Å². The average Bonchev–Trinajstić information content (AvgIpc) is 3.21. The van der Waals surface area contributed by atoms with Gasteiger partial charge in [0.15, 0.2) is 17.3 Å². The van der Waals surface area contributed by atoms with Crippen LogP contribution >= 0.6 is 0 Å². The van der Waals surface area contributed by atoms with Crippen molar-refractivity contribution >= 4 is 11.8 Å². The first-order chi connectivity index (χ1) is 17.3. The van der Waals surface area contributed by atoms with E-state index in [1.54, 1.807) is 0 Å². The molecule has 37 heavy (non-hydrogen) atoms. The highest BCUT2D eigenvalue weighted by molar-refractivity contribution is 5.94. The van der Waals surface area contributed by atoms with E-state index < -0.39 is 47.3 Å². The Morgan fingerprint density at radius 2 is 1.76 bits per heavy atom. The van der Waals surface area contributed by atoms with Gasteiger partial charge in [-0.1, -0.05) is 0 Å². The molecule has 0 spiro atoms. The average molecular weight is 532 g/mol. The van der Waals surface area contributed by atoms with Crippen LogP contribution in [-0.2, 0) is 30.5 Å². The Morgan fingerprint density at radius 3 is 2.43 bits per heavy atom. The lowest BCUT2D eigenvalue weighted by molar-refractivity contribution is -0.148. The van der Waals surface area contributed by atoms with Gasteiger partial charge in [0.1, 0.15) is 5.82 Å². The number of fused-ring (bicyclic) bond motifs is 1. The van der Waals surface area contributed by atoms with Gasteiger partial charge in [-0.2, -0.15) is 13.2 Å². The van der Waals surface area contributed by atoms with Crippen molar-refractivity contribution in [3.63, 3.8) is 0 Å². The zero-order valence-electron chi connectivity index (χ0n) is 19.7. The number of nitrogens with zero attached hydrogens (tertiary/aromatic N) is 4. The molecule has 202 valence electrons. The lowest BCUT2D eigenvalue weighted by atomic mass is 10.0. The molecule has 2 aliphatic heterocycles. The number of aromatic nitrogens is 2. The van der Waals surface area contributed by atoms with Gasteiger partial charge in [-0.25, -0.2) is 18.2 Å². The molecule has 4 N–H and O–H groups in total.